The van der Waals surface area contributed by atoms with E-state index in [1.165, 1.54) is 11.1 Å². The lowest BCUT2D eigenvalue weighted by Crippen LogP contribution is -2.35. The number of hydrogen-bond acceptors (Lipinski definition) is 4. The quantitative estimate of drug-likeness (QED) is 0.838. The van der Waals surface area contributed by atoms with E-state index in [1.807, 2.05) is 0 Å². The number of piperidine rings is 1. The molecule has 0 radical (unpaired) electrons. The van der Waals surface area contributed by atoms with Crippen LogP contribution in [0.4, 0.5) is 0 Å². The highest BCUT2D eigenvalue weighted by Crippen LogP contribution is 2.23. The van der Waals surface area contributed by atoms with E-state index in [-0.39, 0.29) is 6.10 Å². The Balaban J connectivity index is 1.66. The molecule has 104 valence electrons. The number of fused-ring (bicyclic) bond motifs is 1. The molecule has 3 rings (SSSR count). The van der Waals surface area contributed by atoms with Crippen LogP contribution >= 0.6 is 0 Å². The van der Waals surface area contributed by atoms with Crippen molar-refractivity contribution < 1.29 is 9.84 Å². The average molecular weight is 262 g/mol. The summed E-state index contributed by atoms with van der Waals surface area (Å²) < 4.78 is 5.70. The van der Waals surface area contributed by atoms with Crippen molar-refractivity contribution in [2.75, 3.05) is 26.2 Å². The van der Waals surface area contributed by atoms with Crippen LogP contribution in [0.5, 0.6) is 5.75 Å². The molecule has 0 unspecified atom stereocenters. The predicted molar refractivity (Wildman–Crippen MR) is 74.2 cm³/mol. The number of aliphatic hydroxyl groups excluding tert-OH is 1. The molecule has 0 spiro atoms. The van der Waals surface area contributed by atoms with Crippen molar-refractivity contribution in [1.29, 1.82) is 0 Å². The topological polar surface area (TPSA) is 44.7 Å². The zero-order valence-corrected chi connectivity index (χ0v) is 11.3. The Bertz CT molecular complexity index is 428. The summed E-state index contributed by atoms with van der Waals surface area (Å²) in [5, 5.41) is 12.9. The van der Waals surface area contributed by atoms with Crippen LogP contribution in [-0.2, 0) is 13.1 Å². The minimum atomic E-state index is -0.0964. The molecule has 1 fully saturated rings. The van der Waals surface area contributed by atoms with Crippen molar-refractivity contribution in [3.8, 4) is 5.75 Å². The number of nitrogens with one attached hydrogen (secondary N) is 1. The summed E-state index contributed by atoms with van der Waals surface area (Å²) in [7, 11) is 0. The van der Waals surface area contributed by atoms with Crippen LogP contribution in [0.15, 0.2) is 18.2 Å². The van der Waals surface area contributed by atoms with Crippen LogP contribution in [-0.4, -0.2) is 42.4 Å². The Morgan fingerprint density at radius 1 is 1.32 bits per heavy atom. The molecule has 2 aliphatic rings. The van der Waals surface area contributed by atoms with E-state index in [9.17, 15) is 5.11 Å². The van der Waals surface area contributed by atoms with Gasteiger partial charge in [0.15, 0.2) is 0 Å². The zero-order valence-electron chi connectivity index (χ0n) is 11.3. The van der Waals surface area contributed by atoms with Crippen molar-refractivity contribution in [3.05, 3.63) is 29.3 Å². The van der Waals surface area contributed by atoms with E-state index in [0.29, 0.717) is 0 Å². The van der Waals surface area contributed by atoms with Gasteiger partial charge in [0.1, 0.15) is 12.4 Å². The number of aliphatic hydroxyl groups is 1. The number of nitrogens with zero attached hydrogens (tertiary/aromatic N) is 1. The lowest BCUT2D eigenvalue weighted by atomic mass is 10.1. The van der Waals surface area contributed by atoms with Gasteiger partial charge in [0, 0.05) is 38.3 Å². The highest BCUT2D eigenvalue weighted by atomic mass is 16.5. The molecule has 1 aromatic carbocycles. The minimum Gasteiger partial charge on any atom is -0.492 e. The molecular formula is C15H22N2O2. The van der Waals surface area contributed by atoms with E-state index in [1.54, 1.807) is 0 Å². The molecular weight excluding hydrogens is 240 g/mol. The number of ether oxygens (including phenoxy) is 1. The van der Waals surface area contributed by atoms with Crippen LogP contribution in [0, 0.1) is 0 Å². The standard InChI is InChI=1S/C15H22N2O2/c18-14-3-6-17(7-4-14)11-12-1-2-15-13(9-12)10-16-5-8-19-15/h1-2,9,14,16,18H,3-8,10-11H2. The Labute approximate surface area is 114 Å². The van der Waals surface area contributed by atoms with Crippen LogP contribution in [0.3, 0.4) is 0 Å². The Hall–Kier alpha value is -1.10. The van der Waals surface area contributed by atoms with Gasteiger partial charge in [0.05, 0.1) is 6.10 Å². The first kappa shape index (κ1) is 12.9. The molecule has 2 aliphatic heterocycles. The summed E-state index contributed by atoms with van der Waals surface area (Å²) >= 11 is 0. The van der Waals surface area contributed by atoms with E-state index >= 15 is 0 Å². The minimum absolute atomic E-state index is 0.0964. The first-order valence-electron chi connectivity index (χ1n) is 7.17. The van der Waals surface area contributed by atoms with Crippen LogP contribution < -0.4 is 10.1 Å². The fourth-order valence-corrected chi connectivity index (χ4v) is 2.80. The van der Waals surface area contributed by atoms with Gasteiger partial charge in [0.25, 0.3) is 0 Å². The van der Waals surface area contributed by atoms with E-state index in [4.69, 9.17) is 4.74 Å². The molecule has 0 aliphatic carbocycles. The predicted octanol–water partition coefficient (Wildman–Crippen LogP) is 1.13. The second-order valence-electron chi connectivity index (χ2n) is 5.47. The Morgan fingerprint density at radius 3 is 3.00 bits per heavy atom. The molecule has 4 nitrogen and oxygen atoms in total. The van der Waals surface area contributed by atoms with Crippen molar-refractivity contribution in [3.63, 3.8) is 0 Å². The summed E-state index contributed by atoms with van der Waals surface area (Å²) in [6.45, 7) is 5.51. The van der Waals surface area contributed by atoms with Gasteiger partial charge in [-0.25, -0.2) is 0 Å². The molecule has 2 heterocycles. The van der Waals surface area contributed by atoms with Gasteiger partial charge in [-0.1, -0.05) is 6.07 Å². The fourth-order valence-electron chi connectivity index (χ4n) is 2.80. The van der Waals surface area contributed by atoms with Gasteiger partial charge in [0.2, 0.25) is 0 Å². The van der Waals surface area contributed by atoms with Gasteiger partial charge < -0.3 is 15.2 Å². The van der Waals surface area contributed by atoms with Gasteiger partial charge in [-0.2, -0.15) is 0 Å². The molecule has 0 aromatic heterocycles. The second-order valence-corrected chi connectivity index (χ2v) is 5.47. The monoisotopic (exact) mass is 262 g/mol. The summed E-state index contributed by atoms with van der Waals surface area (Å²) in [4.78, 5) is 2.42. The molecule has 1 aromatic rings. The van der Waals surface area contributed by atoms with Gasteiger partial charge in [-0.05, 0) is 30.5 Å². The molecule has 1 saturated heterocycles. The summed E-state index contributed by atoms with van der Waals surface area (Å²) in [6.07, 6.45) is 1.70. The molecule has 0 atom stereocenters. The first-order chi connectivity index (χ1) is 9.31. The maximum Gasteiger partial charge on any atom is 0.123 e. The smallest absolute Gasteiger partial charge is 0.123 e. The number of benzene rings is 1. The Morgan fingerprint density at radius 2 is 2.16 bits per heavy atom. The number of rotatable bonds is 2. The third kappa shape index (κ3) is 3.26. The lowest BCUT2D eigenvalue weighted by molar-refractivity contribution is 0.0792. The molecule has 0 amide bonds. The second kappa shape index (κ2) is 5.90. The Kier molecular flexibility index (Phi) is 4.01. The van der Waals surface area contributed by atoms with Crippen molar-refractivity contribution in [2.45, 2.75) is 32.0 Å². The molecule has 2 N–H and O–H groups in total. The number of likely N-dealkylation sites (tertiary alicyclic amines) is 1. The first-order valence-corrected chi connectivity index (χ1v) is 7.17. The summed E-state index contributed by atoms with van der Waals surface area (Å²) in [6, 6.07) is 6.50. The van der Waals surface area contributed by atoms with Crippen LogP contribution in [0.25, 0.3) is 0 Å². The highest BCUT2D eigenvalue weighted by Gasteiger charge is 2.17. The van der Waals surface area contributed by atoms with Crippen molar-refractivity contribution in [1.82, 2.24) is 10.2 Å². The summed E-state index contributed by atoms with van der Waals surface area (Å²) in [5.74, 6) is 1.02. The third-order valence-electron chi connectivity index (χ3n) is 3.94. The molecule has 19 heavy (non-hydrogen) atoms. The van der Waals surface area contributed by atoms with E-state index < -0.39 is 0 Å². The zero-order chi connectivity index (χ0) is 13.1. The van der Waals surface area contributed by atoms with Gasteiger partial charge in [-0.15, -0.1) is 0 Å². The van der Waals surface area contributed by atoms with Crippen molar-refractivity contribution in [2.24, 2.45) is 0 Å². The average Bonchev–Trinajstić information content (AvgIpc) is 2.66. The van der Waals surface area contributed by atoms with Gasteiger partial charge in [-0.3, -0.25) is 4.90 Å². The highest BCUT2D eigenvalue weighted by molar-refractivity contribution is 5.37. The number of hydrogen-bond donors (Lipinski definition) is 2. The van der Waals surface area contributed by atoms with Crippen LogP contribution in [0.1, 0.15) is 24.0 Å². The maximum atomic E-state index is 9.53. The van der Waals surface area contributed by atoms with Gasteiger partial charge >= 0.3 is 0 Å². The normalized spacial score (nSPS) is 21.5. The maximum absolute atomic E-state index is 9.53. The lowest BCUT2D eigenvalue weighted by Gasteiger charge is -2.29. The molecule has 0 saturated carbocycles. The fraction of sp³-hybridized carbons (Fsp3) is 0.600. The van der Waals surface area contributed by atoms with E-state index in [2.05, 4.69) is 28.4 Å². The van der Waals surface area contributed by atoms with Crippen LogP contribution in [0.2, 0.25) is 0 Å². The molecule has 4 heteroatoms. The molecule has 0 bridgehead atoms. The summed E-state index contributed by atoms with van der Waals surface area (Å²) in [5.41, 5.74) is 2.59. The SMILES string of the molecule is OC1CCN(Cc2ccc3c(c2)CNCCO3)CC1. The van der Waals surface area contributed by atoms with Crippen molar-refractivity contribution >= 4 is 0 Å². The van der Waals surface area contributed by atoms with E-state index in [0.717, 1.165) is 57.9 Å². The third-order valence-corrected chi connectivity index (χ3v) is 3.94. The largest absolute Gasteiger partial charge is 0.492 e.